The highest BCUT2D eigenvalue weighted by molar-refractivity contribution is 7.14. The minimum absolute atomic E-state index is 0.110. The Labute approximate surface area is 169 Å². The third-order valence-electron chi connectivity index (χ3n) is 5.36. The van der Waals surface area contributed by atoms with Gasteiger partial charge >= 0.3 is 0 Å². The molecule has 1 saturated heterocycles. The van der Waals surface area contributed by atoms with Crippen molar-refractivity contribution in [2.75, 3.05) is 11.9 Å². The van der Waals surface area contributed by atoms with Crippen LogP contribution in [0, 0.1) is 0 Å². The predicted molar refractivity (Wildman–Crippen MR) is 111 cm³/mol. The van der Waals surface area contributed by atoms with Gasteiger partial charge in [-0.3, -0.25) is 19.7 Å². The fourth-order valence-corrected chi connectivity index (χ4v) is 4.42. The smallest absolute Gasteiger partial charge is 0.257 e. The van der Waals surface area contributed by atoms with Crippen molar-refractivity contribution in [3.05, 3.63) is 64.4 Å². The van der Waals surface area contributed by atoms with Crippen molar-refractivity contribution in [1.82, 2.24) is 19.7 Å². The van der Waals surface area contributed by atoms with Gasteiger partial charge in [0.05, 0.1) is 17.4 Å². The van der Waals surface area contributed by atoms with E-state index in [0.717, 1.165) is 38.0 Å². The Morgan fingerprint density at radius 1 is 1.29 bits per heavy atom. The number of carbonyl (C=O) groups excluding carboxylic acids is 1. The predicted octanol–water partition coefficient (Wildman–Crippen LogP) is 4.03. The monoisotopic (exact) mass is 395 g/mol. The first-order valence-electron chi connectivity index (χ1n) is 9.70. The summed E-state index contributed by atoms with van der Waals surface area (Å²) >= 11 is 1.49. The molecule has 0 saturated carbocycles. The topological polar surface area (TPSA) is 63.1 Å². The average Bonchev–Trinajstić information content (AvgIpc) is 3.44. The number of nitrogens with one attached hydrogen (secondary N) is 1. The van der Waals surface area contributed by atoms with Crippen LogP contribution >= 0.6 is 11.3 Å². The molecule has 146 valence electrons. The van der Waals surface area contributed by atoms with E-state index in [1.807, 2.05) is 42.2 Å². The molecule has 2 aromatic heterocycles. The van der Waals surface area contributed by atoms with Crippen molar-refractivity contribution in [2.45, 2.75) is 38.8 Å². The number of benzene rings is 1. The fraction of sp³-hybridized carbons (Fsp3) is 0.381. The summed E-state index contributed by atoms with van der Waals surface area (Å²) in [4.78, 5) is 19.7. The van der Waals surface area contributed by atoms with Gasteiger partial charge < -0.3 is 0 Å². The van der Waals surface area contributed by atoms with Crippen LogP contribution in [0.2, 0.25) is 0 Å². The van der Waals surface area contributed by atoms with Crippen molar-refractivity contribution >= 4 is 22.4 Å². The van der Waals surface area contributed by atoms with E-state index < -0.39 is 0 Å². The molecule has 0 spiro atoms. The van der Waals surface area contributed by atoms with Gasteiger partial charge in [-0.05, 0) is 49.6 Å². The van der Waals surface area contributed by atoms with Gasteiger partial charge in [0.15, 0.2) is 5.13 Å². The molecule has 0 radical (unpaired) electrons. The van der Waals surface area contributed by atoms with Gasteiger partial charge in [0.1, 0.15) is 0 Å². The molecule has 7 heteroatoms. The number of likely N-dealkylation sites (tertiary alicyclic amines) is 1. The molecule has 1 aromatic carbocycles. The lowest BCUT2D eigenvalue weighted by Gasteiger charge is -2.22. The van der Waals surface area contributed by atoms with E-state index in [1.54, 1.807) is 0 Å². The van der Waals surface area contributed by atoms with Crippen LogP contribution in [0.5, 0.6) is 0 Å². The summed E-state index contributed by atoms with van der Waals surface area (Å²) in [6.45, 7) is 4.02. The Balaban J connectivity index is 1.43. The standard InChI is InChI=1S/C21H25N5OS/c1-3-15-6-8-16(9-7-15)20(27)24-21-23-18(14-28-21)19-5-4-12-26(19)13-17-10-11-22-25(17)2/h6-11,14,19H,3-5,12-13H2,1-2H3,(H,23,24,27)/t19-/m1/s1. The molecule has 1 atom stereocenters. The van der Waals surface area contributed by atoms with Crippen LogP contribution in [0.25, 0.3) is 0 Å². The van der Waals surface area contributed by atoms with Gasteiger partial charge in [-0.25, -0.2) is 4.98 Å². The van der Waals surface area contributed by atoms with E-state index in [-0.39, 0.29) is 5.91 Å². The van der Waals surface area contributed by atoms with Gasteiger partial charge in [0.25, 0.3) is 5.91 Å². The first-order chi connectivity index (χ1) is 13.6. The fourth-order valence-electron chi connectivity index (χ4n) is 3.67. The largest absolute Gasteiger partial charge is 0.298 e. The molecule has 1 aliphatic rings. The average molecular weight is 396 g/mol. The number of nitrogens with zero attached hydrogens (tertiary/aromatic N) is 4. The summed E-state index contributed by atoms with van der Waals surface area (Å²) < 4.78 is 1.92. The number of hydrogen-bond donors (Lipinski definition) is 1. The van der Waals surface area contributed by atoms with Gasteiger partial charge in [0, 0.05) is 30.7 Å². The van der Waals surface area contributed by atoms with E-state index >= 15 is 0 Å². The highest BCUT2D eigenvalue weighted by Crippen LogP contribution is 2.34. The zero-order chi connectivity index (χ0) is 19.5. The lowest BCUT2D eigenvalue weighted by Crippen LogP contribution is -2.24. The molecule has 0 unspecified atom stereocenters. The van der Waals surface area contributed by atoms with Crippen LogP contribution in [-0.4, -0.2) is 32.1 Å². The Morgan fingerprint density at radius 2 is 2.11 bits per heavy atom. The Hall–Kier alpha value is -2.51. The SMILES string of the molecule is CCc1ccc(C(=O)Nc2nc([C@H]3CCCN3Cc3ccnn3C)cs2)cc1. The quantitative estimate of drug-likeness (QED) is 0.684. The molecule has 28 heavy (non-hydrogen) atoms. The summed E-state index contributed by atoms with van der Waals surface area (Å²) in [7, 11) is 1.98. The molecule has 3 heterocycles. The first kappa shape index (κ1) is 18.8. The molecule has 1 fully saturated rings. The second kappa shape index (κ2) is 8.24. The Morgan fingerprint density at radius 3 is 2.82 bits per heavy atom. The highest BCUT2D eigenvalue weighted by Gasteiger charge is 2.28. The second-order valence-electron chi connectivity index (χ2n) is 7.16. The lowest BCUT2D eigenvalue weighted by molar-refractivity contribution is 0.102. The third-order valence-corrected chi connectivity index (χ3v) is 6.14. The van der Waals surface area contributed by atoms with Gasteiger partial charge in [-0.2, -0.15) is 5.10 Å². The number of thiazole rings is 1. The number of anilines is 1. The Bertz CT molecular complexity index is 946. The number of amides is 1. The minimum atomic E-state index is -0.110. The summed E-state index contributed by atoms with van der Waals surface area (Å²) in [5, 5.41) is 9.94. The lowest BCUT2D eigenvalue weighted by atomic mass is 10.1. The molecule has 1 N–H and O–H groups in total. The van der Waals surface area contributed by atoms with Gasteiger partial charge in [-0.15, -0.1) is 11.3 Å². The van der Waals surface area contributed by atoms with Gasteiger partial charge in [-0.1, -0.05) is 19.1 Å². The third kappa shape index (κ3) is 4.00. The molecule has 4 rings (SSSR count). The summed E-state index contributed by atoms with van der Waals surface area (Å²) in [5.74, 6) is -0.110. The van der Waals surface area contributed by atoms with Crippen LogP contribution in [-0.2, 0) is 20.0 Å². The van der Waals surface area contributed by atoms with Crippen molar-refractivity contribution < 1.29 is 4.79 Å². The summed E-state index contributed by atoms with van der Waals surface area (Å²) in [6.07, 6.45) is 5.05. The van der Waals surface area contributed by atoms with Crippen LogP contribution in [0.3, 0.4) is 0 Å². The van der Waals surface area contributed by atoms with Crippen molar-refractivity contribution in [2.24, 2.45) is 7.05 Å². The minimum Gasteiger partial charge on any atom is -0.298 e. The number of rotatable bonds is 6. The van der Waals surface area contributed by atoms with Crippen molar-refractivity contribution in [3.8, 4) is 0 Å². The number of hydrogen-bond acceptors (Lipinski definition) is 5. The number of aryl methyl sites for hydroxylation is 2. The Kier molecular flexibility index (Phi) is 5.54. The molecular formula is C21H25N5OS. The van der Waals surface area contributed by atoms with E-state index in [0.29, 0.717) is 16.7 Å². The zero-order valence-electron chi connectivity index (χ0n) is 16.3. The molecular weight excluding hydrogens is 370 g/mol. The van der Waals surface area contributed by atoms with Crippen molar-refractivity contribution in [3.63, 3.8) is 0 Å². The molecule has 0 aliphatic carbocycles. The van der Waals surface area contributed by atoms with E-state index in [9.17, 15) is 4.79 Å². The molecule has 0 bridgehead atoms. The van der Waals surface area contributed by atoms with E-state index in [2.05, 4.69) is 33.7 Å². The summed E-state index contributed by atoms with van der Waals surface area (Å²) in [6, 6.07) is 10.1. The summed E-state index contributed by atoms with van der Waals surface area (Å²) in [5.41, 5.74) is 4.13. The normalized spacial score (nSPS) is 17.1. The van der Waals surface area contributed by atoms with Crippen molar-refractivity contribution in [1.29, 1.82) is 0 Å². The maximum atomic E-state index is 12.5. The molecule has 1 aliphatic heterocycles. The first-order valence-corrected chi connectivity index (χ1v) is 10.6. The van der Waals surface area contributed by atoms with Crippen LogP contribution in [0.1, 0.15) is 53.1 Å². The van der Waals surface area contributed by atoms with Crippen LogP contribution < -0.4 is 5.32 Å². The highest BCUT2D eigenvalue weighted by atomic mass is 32.1. The number of carbonyl (C=O) groups is 1. The molecule has 1 amide bonds. The van der Waals surface area contributed by atoms with Gasteiger partial charge in [0.2, 0.25) is 0 Å². The maximum Gasteiger partial charge on any atom is 0.257 e. The maximum absolute atomic E-state index is 12.5. The second-order valence-corrected chi connectivity index (χ2v) is 8.01. The van der Waals surface area contributed by atoms with E-state index in [1.165, 1.54) is 22.6 Å². The molecule has 3 aromatic rings. The van der Waals surface area contributed by atoms with E-state index in [4.69, 9.17) is 4.98 Å². The number of aromatic nitrogens is 3. The zero-order valence-corrected chi connectivity index (χ0v) is 17.1. The van der Waals surface area contributed by atoms with Crippen LogP contribution in [0.15, 0.2) is 41.9 Å². The molecule has 6 nitrogen and oxygen atoms in total. The van der Waals surface area contributed by atoms with Crippen LogP contribution in [0.4, 0.5) is 5.13 Å².